The molecular weight excluding hydrogens is 316 g/mol. The van der Waals surface area contributed by atoms with E-state index in [4.69, 9.17) is 0 Å². The minimum atomic E-state index is -0.159. The molecule has 1 saturated heterocycles. The van der Waals surface area contributed by atoms with Crippen LogP contribution in [0.5, 0.6) is 0 Å². The number of aliphatic hydroxyl groups is 1. The highest BCUT2D eigenvalue weighted by atomic mass is 79.9. The first-order valence-corrected chi connectivity index (χ1v) is 8.28. The molecule has 2 N–H and O–H groups in total. The van der Waals surface area contributed by atoms with Crippen molar-refractivity contribution in [2.24, 2.45) is 5.92 Å². The third-order valence-electron chi connectivity index (χ3n) is 4.17. The van der Waals surface area contributed by atoms with E-state index in [-0.39, 0.29) is 6.10 Å². The van der Waals surface area contributed by atoms with E-state index < -0.39 is 0 Å². The normalized spacial score (nSPS) is 24.8. The summed E-state index contributed by atoms with van der Waals surface area (Å²) in [7, 11) is 0. The average Bonchev–Trinajstić information content (AvgIpc) is 2.42. The van der Waals surface area contributed by atoms with Crippen LogP contribution in [0.4, 0.5) is 5.69 Å². The minimum absolute atomic E-state index is 0.159. The Morgan fingerprint density at radius 3 is 2.90 bits per heavy atom. The van der Waals surface area contributed by atoms with E-state index >= 15 is 0 Å². The van der Waals surface area contributed by atoms with Crippen molar-refractivity contribution < 1.29 is 5.11 Å². The number of benzene rings is 1. The summed E-state index contributed by atoms with van der Waals surface area (Å²) in [5, 5.41) is 13.4. The molecule has 1 fully saturated rings. The van der Waals surface area contributed by atoms with Crippen molar-refractivity contribution in [1.29, 1.82) is 0 Å². The largest absolute Gasteiger partial charge is 0.393 e. The van der Waals surface area contributed by atoms with Gasteiger partial charge in [-0.05, 0) is 43.5 Å². The van der Waals surface area contributed by atoms with E-state index in [1.807, 2.05) is 0 Å². The zero-order valence-corrected chi connectivity index (χ0v) is 14.2. The van der Waals surface area contributed by atoms with E-state index in [2.05, 4.69) is 65.1 Å². The quantitative estimate of drug-likeness (QED) is 0.882. The third kappa shape index (κ3) is 3.54. The summed E-state index contributed by atoms with van der Waals surface area (Å²) >= 11 is 3.58. The van der Waals surface area contributed by atoms with Crippen LogP contribution in [0.3, 0.4) is 0 Å². The van der Waals surface area contributed by atoms with Gasteiger partial charge in [0.2, 0.25) is 0 Å². The van der Waals surface area contributed by atoms with Crippen molar-refractivity contribution in [2.45, 2.75) is 39.3 Å². The number of nitrogens with one attached hydrogen (secondary N) is 1. The van der Waals surface area contributed by atoms with Crippen LogP contribution < -0.4 is 10.2 Å². The van der Waals surface area contributed by atoms with Crippen LogP contribution in [-0.4, -0.2) is 30.8 Å². The highest BCUT2D eigenvalue weighted by Crippen LogP contribution is 2.32. The van der Waals surface area contributed by atoms with Crippen LogP contribution >= 0.6 is 15.9 Å². The van der Waals surface area contributed by atoms with Crippen molar-refractivity contribution in [2.75, 3.05) is 24.5 Å². The highest BCUT2D eigenvalue weighted by molar-refractivity contribution is 9.10. The number of hydrogen-bond acceptors (Lipinski definition) is 3. The molecule has 20 heavy (non-hydrogen) atoms. The highest BCUT2D eigenvalue weighted by Gasteiger charge is 2.26. The first-order valence-electron chi connectivity index (χ1n) is 7.48. The van der Waals surface area contributed by atoms with Gasteiger partial charge < -0.3 is 15.3 Å². The maximum Gasteiger partial charge on any atom is 0.0599 e. The summed E-state index contributed by atoms with van der Waals surface area (Å²) in [6.07, 6.45) is 0.691. The van der Waals surface area contributed by atoms with E-state index in [0.29, 0.717) is 12.0 Å². The zero-order chi connectivity index (χ0) is 14.7. The van der Waals surface area contributed by atoms with Gasteiger partial charge in [-0.15, -0.1) is 0 Å². The van der Waals surface area contributed by atoms with Crippen LogP contribution in [0.25, 0.3) is 0 Å². The Morgan fingerprint density at radius 1 is 1.50 bits per heavy atom. The number of nitrogens with zero attached hydrogens (tertiary/aromatic N) is 1. The molecule has 1 aliphatic heterocycles. The monoisotopic (exact) mass is 340 g/mol. The van der Waals surface area contributed by atoms with Crippen LogP contribution in [0, 0.1) is 5.92 Å². The average molecular weight is 341 g/mol. The fraction of sp³-hybridized carbons (Fsp3) is 0.625. The topological polar surface area (TPSA) is 35.5 Å². The Hall–Kier alpha value is -0.580. The van der Waals surface area contributed by atoms with Gasteiger partial charge in [-0.1, -0.05) is 35.8 Å². The molecule has 0 bridgehead atoms. The molecule has 112 valence electrons. The number of rotatable bonds is 4. The standard InChI is InChI=1S/C16H25BrN2O/c1-4-18-12(3)14-6-5-13(17)9-15(14)19-8-7-16(20)11(2)10-19/h5-6,9,11-12,16,18,20H,4,7-8,10H2,1-3H3. The second-order valence-electron chi connectivity index (χ2n) is 5.76. The minimum Gasteiger partial charge on any atom is -0.393 e. The van der Waals surface area contributed by atoms with Gasteiger partial charge in [0, 0.05) is 29.3 Å². The Morgan fingerprint density at radius 2 is 2.25 bits per heavy atom. The molecule has 1 aliphatic rings. The Kier molecular flexibility index (Phi) is 5.47. The molecular formula is C16H25BrN2O. The summed E-state index contributed by atoms with van der Waals surface area (Å²) in [4.78, 5) is 2.41. The van der Waals surface area contributed by atoms with E-state index in [1.54, 1.807) is 0 Å². The molecule has 0 aliphatic carbocycles. The molecule has 0 aromatic heterocycles. The van der Waals surface area contributed by atoms with Gasteiger partial charge in [-0.25, -0.2) is 0 Å². The Labute approximate surface area is 130 Å². The van der Waals surface area contributed by atoms with E-state index in [0.717, 1.165) is 30.5 Å². The predicted molar refractivity (Wildman–Crippen MR) is 88.2 cm³/mol. The molecule has 4 heteroatoms. The maximum absolute atomic E-state index is 9.91. The number of anilines is 1. The second kappa shape index (κ2) is 6.92. The summed E-state index contributed by atoms with van der Waals surface area (Å²) < 4.78 is 1.11. The molecule has 0 radical (unpaired) electrons. The lowest BCUT2D eigenvalue weighted by Gasteiger charge is -2.37. The van der Waals surface area contributed by atoms with Crippen molar-refractivity contribution >= 4 is 21.6 Å². The van der Waals surface area contributed by atoms with Gasteiger partial charge in [0.15, 0.2) is 0 Å². The lowest BCUT2D eigenvalue weighted by molar-refractivity contribution is 0.0970. The molecule has 0 amide bonds. The van der Waals surface area contributed by atoms with Gasteiger partial charge in [-0.3, -0.25) is 0 Å². The molecule has 3 nitrogen and oxygen atoms in total. The second-order valence-corrected chi connectivity index (χ2v) is 6.68. The van der Waals surface area contributed by atoms with Crippen LogP contribution in [-0.2, 0) is 0 Å². The van der Waals surface area contributed by atoms with Crippen molar-refractivity contribution in [3.05, 3.63) is 28.2 Å². The molecule has 2 rings (SSSR count). The fourth-order valence-electron chi connectivity index (χ4n) is 2.93. The smallest absolute Gasteiger partial charge is 0.0599 e. The van der Waals surface area contributed by atoms with E-state index in [9.17, 15) is 5.11 Å². The lowest BCUT2D eigenvalue weighted by atomic mass is 9.95. The van der Waals surface area contributed by atoms with Gasteiger partial charge >= 0.3 is 0 Å². The van der Waals surface area contributed by atoms with Gasteiger partial charge in [-0.2, -0.15) is 0 Å². The van der Waals surface area contributed by atoms with Gasteiger partial charge in [0.05, 0.1) is 6.10 Å². The molecule has 3 atom stereocenters. The summed E-state index contributed by atoms with van der Waals surface area (Å²) in [5.74, 6) is 0.324. The van der Waals surface area contributed by atoms with Crippen LogP contribution in [0.15, 0.2) is 22.7 Å². The Balaban J connectivity index is 2.27. The number of aliphatic hydroxyl groups excluding tert-OH is 1. The van der Waals surface area contributed by atoms with Crippen LogP contribution in [0.1, 0.15) is 38.8 Å². The number of halogens is 1. The first-order chi connectivity index (χ1) is 9.52. The lowest BCUT2D eigenvalue weighted by Crippen LogP contribution is -2.42. The van der Waals surface area contributed by atoms with Crippen molar-refractivity contribution in [3.8, 4) is 0 Å². The summed E-state index contributed by atoms with van der Waals surface area (Å²) in [6, 6.07) is 6.84. The zero-order valence-electron chi connectivity index (χ0n) is 12.6. The van der Waals surface area contributed by atoms with Crippen LogP contribution in [0.2, 0.25) is 0 Å². The van der Waals surface area contributed by atoms with Gasteiger partial charge in [0.25, 0.3) is 0 Å². The maximum atomic E-state index is 9.91. The summed E-state index contributed by atoms with van der Waals surface area (Å²) in [5.41, 5.74) is 2.62. The molecule has 1 aromatic rings. The number of piperidine rings is 1. The molecule has 0 spiro atoms. The Bertz CT molecular complexity index is 452. The van der Waals surface area contributed by atoms with E-state index in [1.165, 1.54) is 11.3 Å². The predicted octanol–water partition coefficient (Wildman–Crippen LogP) is 3.33. The van der Waals surface area contributed by atoms with Crippen molar-refractivity contribution in [3.63, 3.8) is 0 Å². The first kappa shape index (κ1) is 15.8. The SMILES string of the molecule is CCNC(C)c1ccc(Br)cc1N1CCC(O)C(C)C1. The fourth-order valence-corrected chi connectivity index (χ4v) is 3.27. The molecule has 0 saturated carbocycles. The summed E-state index contributed by atoms with van der Waals surface area (Å²) in [6.45, 7) is 9.28. The molecule has 3 unspecified atom stereocenters. The van der Waals surface area contributed by atoms with Gasteiger partial charge in [0.1, 0.15) is 0 Å². The molecule has 1 aromatic carbocycles. The number of hydrogen-bond donors (Lipinski definition) is 2. The third-order valence-corrected chi connectivity index (χ3v) is 4.66. The molecule has 1 heterocycles. The van der Waals surface area contributed by atoms with Crippen molar-refractivity contribution in [1.82, 2.24) is 5.32 Å².